The van der Waals surface area contributed by atoms with E-state index in [1.54, 1.807) is 4.68 Å². The van der Waals surface area contributed by atoms with Gasteiger partial charge < -0.3 is 14.5 Å². The maximum atomic E-state index is 13.6. The number of fused-ring (bicyclic) bond motifs is 1. The van der Waals surface area contributed by atoms with Crippen molar-refractivity contribution in [3.63, 3.8) is 0 Å². The summed E-state index contributed by atoms with van der Waals surface area (Å²) in [6, 6.07) is 1.98. The highest BCUT2D eigenvalue weighted by Crippen LogP contribution is 2.40. The second kappa shape index (κ2) is 7.65. The van der Waals surface area contributed by atoms with Crippen LogP contribution in [-0.2, 0) is 16.6 Å². The van der Waals surface area contributed by atoms with Crippen LogP contribution in [0, 0.1) is 12.8 Å². The zero-order valence-electron chi connectivity index (χ0n) is 17.8. The van der Waals surface area contributed by atoms with Crippen molar-refractivity contribution < 1.29 is 14.3 Å². The van der Waals surface area contributed by atoms with E-state index in [0.29, 0.717) is 50.9 Å². The van der Waals surface area contributed by atoms with Gasteiger partial charge >= 0.3 is 0 Å². The minimum atomic E-state index is -0.129. The number of carbonyl (C=O) groups excluding carboxylic acids is 2. The highest BCUT2D eigenvalue weighted by Gasteiger charge is 2.34. The summed E-state index contributed by atoms with van der Waals surface area (Å²) in [5, 5.41) is 5.36. The molecule has 2 aliphatic heterocycles. The minimum absolute atomic E-state index is 0.000113. The number of carbonyl (C=O) groups is 2. The molecule has 0 N–H and O–H groups in total. The molecule has 8 heteroatoms. The number of aromatic nitrogens is 3. The number of hydrogen-bond acceptors (Lipinski definition) is 5. The highest BCUT2D eigenvalue weighted by molar-refractivity contribution is 6.06. The summed E-state index contributed by atoms with van der Waals surface area (Å²) in [7, 11) is 1.88. The minimum Gasteiger partial charge on any atom is -0.378 e. The molecule has 1 aliphatic carbocycles. The topological polar surface area (TPSA) is 80.6 Å². The Hall–Kier alpha value is -2.48. The first kappa shape index (κ1) is 19.5. The average molecular weight is 412 g/mol. The molecule has 0 bridgehead atoms. The van der Waals surface area contributed by atoms with Crippen LogP contribution in [-0.4, -0.2) is 75.8 Å². The Morgan fingerprint density at radius 3 is 2.60 bits per heavy atom. The van der Waals surface area contributed by atoms with Gasteiger partial charge in [-0.15, -0.1) is 0 Å². The molecule has 1 saturated carbocycles. The largest absolute Gasteiger partial charge is 0.378 e. The lowest BCUT2D eigenvalue weighted by molar-refractivity contribution is -0.141. The van der Waals surface area contributed by atoms with Gasteiger partial charge in [0.05, 0.1) is 35.8 Å². The summed E-state index contributed by atoms with van der Waals surface area (Å²) >= 11 is 0. The van der Waals surface area contributed by atoms with Crippen LogP contribution in [0.5, 0.6) is 0 Å². The van der Waals surface area contributed by atoms with E-state index in [1.807, 2.05) is 29.8 Å². The Balaban J connectivity index is 1.42. The number of rotatable bonds is 3. The van der Waals surface area contributed by atoms with E-state index in [2.05, 4.69) is 5.10 Å². The van der Waals surface area contributed by atoms with Crippen LogP contribution >= 0.6 is 0 Å². The molecule has 160 valence electrons. The molecule has 0 radical (unpaired) electrons. The van der Waals surface area contributed by atoms with Crippen LogP contribution in [0.4, 0.5) is 0 Å². The number of ether oxygens (including phenoxy) is 1. The predicted octanol–water partition coefficient (Wildman–Crippen LogP) is 1.87. The Labute approximate surface area is 176 Å². The van der Waals surface area contributed by atoms with Crippen molar-refractivity contribution >= 4 is 22.8 Å². The summed E-state index contributed by atoms with van der Waals surface area (Å²) < 4.78 is 7.14. The number of aryl methyl sites for hydroxylation is 2. The Bertz CT molecular complexity index is 990. The quantitative estimate of drug-likeness (QED) is 0.770. The normalized spacial score (nSPS) is 22.5. The van der Waals surface area contributed by atoms with Gasteiger partial charge in [-0.25, -0.2) is 4.98 Å². The van der Waals surface area contributed by atoms with Crippen LogP contribution < -0.4 is 0 Å². The number of hydrogen-bond donors (Lipinski definition) is 0. The molecule has 2 amide bonds. The van der Waals surface area contributed by atoms with E-state index in [4.69, 9.17) is 9.72 Å². The number of nitrogens with zero attached hydrogens (tertiary/aromatic N) is 5. The summed E-state index contributed by atoms with van der Waals surface area (Å²) in [6.07, 6.45) is 3.94. The van der Waals surface area contributed by atoms with Crippen LogP contribution in [0.2, 0.25) is 0 Å². The van der Waals surface area contributed by atoms with Crippen LogP contribution in [0.15, 0.2) is 6.07 Å². The van der Waals surface area contributed by atoms with Crippen molar-refractivity contribution in [1.82, 2.24) is 24.6 Å². The summed E-state index contributed by atoms with van der Waals surface area (Å²) in [6.45, 7) is 5.59. The van der Waals surface area contributed by atoms with Gasteiger partial charge in [-0.2, -0.15) is 5.10 Å². The van der Waals surface area contributed by atoms with Crippen molar-refractivity contribution in [2.75, 3.05) is 39.4 Å². The fourth-order valence-electron chi connectivity index (χ4n) is 4.80. The first-order valence-electron chi connectivity index (χ1n) is 11.0. The van der Waals surface area contributed by atoms with Crippen LogP contribution in [0.1, 0.15) is 53.3 Å². The van der Waals surface area contributed by atoms with Gasteiger partial charge in [0.15, 0.2) is 5.65 Å². The molecule has 2 aromatic heterocycles. The van der Waals surface area contributed by atoms with Crippen LogP contribution in [0.3, 0.4) is 0 Å². The number of pyridine rings is 1. The van der Waals surface area contributed by atoms with E-state index in [-0.39, 0.29) is 17.7 Å². The molecular weight excluding hydrogens is 382 g/mol. The van der Waals surface area contributed by atoms with Gasteiger partial charge in [0, 0.05) is 44.8 Å². The first-order valence-corrected chi connectivity index (χ1v) is 11.0. The fourth-order valence-corrected chi connectivity index (χ4v) is 4.80. The first-order chi connectivity index (χ1) is 14.5. The number of amides is 2. The summed E-state index contributed by atoms with van der Waals surface area (Å²) in [5.41, 5.74) is 3.28. The van der Waals surface area contributed by atoms with Gasteiger partial charge in [-0.3, -0.25) is 14.3 Å². The lowest BCUT2D eigenvalue weighted by atomic mass is 9.95. The number of morpholine rings is 1. The van der Waals surface area contributed by atoms with E-state index < -0.39 is 0 Å². The third-order valence-corrected chi connectivity index (χ3v) is 6.60. The zero-order valence-corrected chi connectivity index (χ0v) is 17.8. The lowest BCUT2D eigenvalue weighted by Gasteiger charge is -2.36. The van der Waals surface area contributed by atoms with Crippen molar-refractivity contribution in [2.45, 2.75) is 38.5 Å². The molecule has 0 aromatic carbocycles. The third-order valence-electron chi connectivity index (χ3n) is 6.60. The van der Waals surface area contributed by atoms with Gasteiger partial charge in [0.1, 0.15) is 0 Å². The molecule has 2 aromatic rings. The van der Waals surface area contributed by atoms with Crippen molar-refractivity contribution in [3.8, 4) is 0 Å². The molecule has 1 atom stereocenters. The lowest BCUT2D eigenvalue weighted by Crippen LogP contribution is -2.49. The van der Waals surface area contributed by atoms with E-state index >= 15 is 0 Å². The average Bonchev–Trinajstić information content (AvgIpc) is 3.59. The number of likely N-dealkylation sites (tertiary alicyclic amines) is 1. The van der Waals surface area contributed by atoms with Gasteiger partial charge in [0.25, 0.3) is 5.91 Å². The molecule has 1 unspecified atom stereocenters. The van der Waals surface area contributed by atoms with E-state index in [9.17, 15) is 9.59 Å². The summed E-state index contributed by atoms with van der Waals surface area (Å²) in [4.78, 5) is 35.2. The smallest absolute Gasteiger partial charge is 0.254 e. The molecule has 0 spiro atoms. The molecule has 30 heavy (non-hydrogen) atoms. The zero-order chi connectivity index (χ0) is 20.8. The molecule has 4 heterocycles. The third kappa shape index (κ3) is 3.47. The van der Waals surface area contributed by atoms with Gasteiger partial charge in [0.2, 0.25) is 5.91 Å². The van der Waals surface area contributed by atoms with E-state index in [1.165, 1.54) is 0 Å². The molecule has 3 fully saturated rings. The van der Waals surface area contributed by atoms with Crippen molar-refractivity contribution in [2.24, 2.45) is 13.0 Å². The Morgan fingerprint density at radius 2 is 1.87 bits per heavy atom. The molecule has 3 aliphatic rings. The Kier molecular flexibility index (Phi) is 4.97. The molecule has 5 rings (SSSR count). The molecule has 8 nitrogen and oxygen atoms in total. The maximum absolute atomic E-state index is 13.6. The SMILES string of the molecule is Cc1nn(C)c2nc(C3CC3)cc(C(=O)N3CCCC(C(=O)N4CCOCC4)C3)c12. The number of piperidine rings is 1. The second-order valence-corrected chi connectivity index (χ2v) is 8.80. The van der Waals surface area contributed by atoms with Crippen molar-refractivity contribution in [3.05, 3.63) is 23.0 Å². The second-order valence-electron chi connectivity index (χ2n) is 8.80. The highest BCUT2D eigenvalue weighted by atomic mass is 16.5. The van der Waals surface area contributed by atoms with Crippen molar-refractivity contribution in [1.29, 1.82) is 0 Å². The summed E-state index contributed by atoms with van der Waals surface area (Å²) in [5.74, 6) is 0.482. The predicted molar refractivity (Wildman–Crippen MR) is 111 cm³/mol. The Morgan fingerprint density at radius 1 is 1.10 bits per heavy atom. The monoisotopic (exact) mass is 411 g/mol. The van der Waals surface area contributed by atoms with Gasteiger partial charge in [-0.05, 0) is 38.7 Å². The fraction of sp³-hybridized carbons (Fsp3) is 0.636. The van der Waals surface area contributed by atoms with Crippen LogP contribution in [0.25, 0.3) is 11.0 Å². The van der Waals surface area contributed by atoms with Gasteiger partial charge in [-0.1, -0.05) is 0 Å². The maximum Gasteiger partial charge on any atom is 0.254 e. The van der Waals surface area contributed by atoms with E-state index in [0.717, 1.165) is 48.1 Å². The molecular formula is C22H29N5O3. The molecule has 2 saturated heterocycles. The standard InChI is InChI=1S/C22H29N5O3/c1-14-19-17(12-18(15-5-6-15)23-20(19)25(2)24-14)22(29)27-7-3-4-16(13-27)21(28)26-8-10-30-11-9-26/h12,15-16H,3-11,13H2,1-2H3.